The maximum atomic E-state index is 9.35. The average Bonchev–Trinajstić information content (AvgIpc) is 2.36. The summed E-state index contributed by atoms with van der Waals surface area (Å²) in [6.07, 6.45) is -0.327. The molecule has 0 saturated carbocycles. The number of likely N-dealkylation sites (N-methyl/N-ethyl adjacent to an activating group) is 1. The molecule has 4 heteroatoms. The Hall–Kier alpha value is -0.160. The fraction of sp³-hybridized carbons (Fsp3) is 1.00. The quantitative estimate of drug-likeness (QED) is 0.568. The van der Waals surface area contributed by atoms with E-state index in [0.717, 1.165) is 13.1 Å². The molecule has 0 aromatic rings. The number of rotatable bonds is 4. The number of ether oxygens (including phenoxy) is 1. The number of nitrogens with zero attached hydrogens (tertiary/aromatic N) is 1. The summed E-state index contributed by atoms with van der Waals surface area (Å²) in [5, 5.41) is 12.6. The van der Waals surface area contributed by atoms with Crippen LogP contribution in [0.3, 0.4) is 0 Å². The van der Waals surface area contributed by atoms with Crippen LogP contribution < -0.4 is 5.32 Å². The van der Waals surface area contributed by atoms with Crippen LogP contribution in [0.5, 0.6) is 0 Å². The van der Waals surface area contributed by atoms with Crippen LogP contribution in [0.15, 0.2) is 0 Å². The zero-order valence-electron chi connectivity index (χ0n) is 7.79. The van der Waals surface area contributed by atoms with Gasteiger partial charge in [0.15, 0.2) is 0 Å². The van der Waals surface area contributed by atoms with Crippen LogP contribution in [0.1, 0.15) is 0 Å². The molecule has 1 heterocycles. The predicted molar refractivity (Wildman–Crippen MR) is 47.2 cm³/mol. The van der Waals surface area contributed by atoms with E-state index in [2.05, 4.69) is 10.2 Å². The van der Waals surface area contributed by atoms with Crippen LogP contribution >= 0.6 is 0 Å². The van der Waals surface area contributed by atoms with E-state index in [9.17, 15) is 5.11 Å². The molecule has 1 rings (SSSR count). The molecule has 0 radical (unpaired) electrons. The van der Waals surface area contributed by atoms with Crippen molar-refractivity contribution in [1.82, 2.24) is 10.2 Å². The van der Waals surface area contributed by atoms with Crippen molar-refractivity contribution in [3.05, 3.63) is 0 Å². The van der Waals surface area contributed by atoms with E-state index in [4.69, 9.17) is 4.74 Å². The summed E-state index contributed by atoms with van der Waals surface area (Å²) >= 11 is 0. The molecule has 1 aliphatic heterocycles. The molecule has 0 bridgehead atoms. The van der Waals surface area contributed by atoms with Gasteiger partial charge in [0, 0.05) is 13.1 Å². The smallest absolute Gasteiger partial charge is 0.0948 e. The number of aliphatic hydroxyl groups is 1. The molecule has 2 atom stereocenters. The molecule has 1 aliphatic rings. The highest BCUT2D eigenvalue weighted by molar-refractivity contribution is 4.80. The summed E-state index contributed by atoms with van der Waals surface area (Å²) in [7, 11) is 4.06. The Kier molecular flexibility index (Phi) is 3.94. The molecular formula is C8H18N2O2. The molecule has 12 heavy (non-hydrogen) atoms. The molecule has 0 aromatic carbocycles. The van der Waals surface area contributed by atoms with E-state index in [1.54, 1.807) is 0 Å². The van der Waals surface area contributed by atoms with Crippen molar-refractivity contribution >= 4 is 0 Å². The first-order chi connectivity index (χ1) is 5.70. The van der Waals surface area contributed by atoms with E-state index in [-0.39, 0.29) is 12.1 Å². The van der Waals surface area contributed by atoms with Crippen molar-refractivity contribution in [3.63, 3.8) is 0 Å². The first kappa shape index (κ1) is 9.92. The molecule has 4 nitrogen and oxygen atoms in total. The van der Waals surface area contributed by atoms with Gasteiger partial charge in [-0.15, -0.1) is 0 Å². The number of aliphatic hydroxyl groups excluding tert-OH is 1. The number of hydrogen-bond acceptors (Lipinski definition) is 4. The highest BCUT2D eigenvalue weighted by Crippen LogP contribution is 2.03. The summed E-state index contributed by atoms with van der Waals surface area (Å²) in [4.78, 5) is 2.11. The van der Waals surface area contributed by atoms with Gasteiger partial charge in [0.2, 0.25) is 0 Å². The van der Waals surface area contributed by atoms with Gasteiger partial charge in [-0.25, -0.2) is 0 Å². The monoisotopic (exact) mass is 174 g/mol. The molecule has 2 N–H and O–H groups in total. The zero-order valence-corrected chi connectivity index (χ0v) is 7.79. The lowest BCUT2D eigenvalue weighted by Crippen LogP contribution is -2.41. The van der Waals surface area contributed by atoms with Crippen LogP contribution in [0.25, 0.3) is 0 Å². The highest BCUT2D eigenvalue weighted by atomic mass is 16.5. The fourth-order valence-corrected chi connectivity index (χ4v) is 1.21. The molecule has 0 amide bonds. The molecular weight excluding hydrogens is 156 g/mol. The average molecular weight is 174 g/mol. The van der Waals surface area contributed by atoms with Gasteiger partial charge in [0.05, 0.1) is 25.4 Å². The molecule has 72 valence electrons. The van der Waals surface area contributed by atoms with Crippen molar-refractivity contribution in [2.45, 2.75) is 12.1 Å². The zero-order chi connectivity index (χ0) is 8.97. The Balaban J connectivity index is 2.06. The maximum Gasteiger partial charge on any atom is 0.0948 e. The third kappa shape index (κ3) is 3.06. The lowest BCUT2D eigenvalue weighted by molar-refractivity contribution is 0.122. The van der Waals surface area contributed by atoms with Crippen LogP contribution in [0.2, 0.25) is 0 Å². The second-order valence-electron chi connectivity index (χ2n) is 3.47. The van der Waals surface area contributed by atoms with Crippen LogP contribution in [0, 0.1) is 0 Å². The number of hydrogen-bond donors (Lipinski definition) is 2. The van der Waals surface area contributed by atoms with Crippen molar-refractivity contribution in [3.8, 4) is 0 Å². The first-order valence-corrected chi connectivity index (χ1v) is 4.34. The molecule has 0 unspecified atom stereocenters. The Labute approximate surface area is 73.5 Å². The Morgan fingerprint density at radius 1 is 1.50 bits per heavy atom. The Morgan fingerprint density at radius 2 is 2.25 bits per heavy atom. The minimum atomic E-state index is -0.327. The van der Waals surface area contributed by atoms with E-state index in [1.165, 1.54) is 0 Å². The topological polar surface area (TPSA) is 44.7 Å². The van der Waals surface area contributed by atoms with Gasteiger partial charge in [-0.3, -0.25) is 0 Å². The SMILES string of the molecule is CN(C)CCN[C@@H]1COC[C@H]1O. The van der Waals surface area contributed by atoms with Crippen molar-refractivity contribution in [2.75, 3.05) is 40.4 Å². The lowest BCUT2D eigenvalue weighted by Gasteiger charge is -2.16. The largest absolute Gasteiger partial charge is 0.389 e. The van der Waals surface area contributed by atoms with Crippen molar-refractivity contribution in [2.24, 2.45) is 0 Å². The first-order valence-electron chi connectivity index (χ1n) is 4.34. The van der Waals surface area contributed by atoms with Gasteiger partial charge < -0.3 is 20.1 Å². The molecule has 1 fully saturated rings. The summed E-state index contributed by atoms with van der Waals surface area (Å²) < 4.78 is 5.10. The maximum absolute atomic E-state index is 9.35. The van der Waals surface area contributed by atoms with Gasteiger partial charge >= 0.3 is 0 Å². The minimum absolute atomic E-state index is 0.130. The summed E-state index contributed by atoms with van der Waals surface area (Å²) in [6, 6.07) is 0.130. The van der Waals surface area contributed by atoms with E-state index in [1.807, 2.05) is 14.1 Å². The highest BCUT2D eigenvalue weighted by Gasteiger charge is 2.24. The van der Waals surface area contributed by atoms with E-state index < -0.39 is 0 Å². The summed E-state index contributed by atoms with van der Waals surface area (Å²) in [5.74, 6) is 0. The second kappa shape index (κ2) is 4.77. The third-order valence-electron chi connectivity index (χ3n) is 2.02. The predicted octanol–water partition coefficient (Wildman–Crippen LogP) is -1.10. The van der Waals surface area contributed by atoms with Gasteiger partial charge in [-0.05, 0) is 14.1 Å². The minimum Gasteiger partial charge on any atom is -0.389 e. The van der Waals surface area contributed by atoms with Crippen LogP contribution in [0.4, 0.5) is 0 Å². The molecule has 0 aromatic heterocycles. The van der Waals surface area contributed by atoms with Crippen LogP contribution in [-0.4, -0.2) is 62.6 Å². The van der Waals surface area contributed by atoms with E-state index in [0.29, 0.717) is 13.2 Å². The fourth-order valence-electron chi connectivity index (χ4n) is 1.21. The van der Waals surface area contributed by atoms with E-state index >= 15 is 0 Å². The lowest BCUT2D eigenvalue weighted by atomic mass is 10.2. The Morgan fingerprint density at radius 3 is 2.75 bits per heavy atom. The molecule has 0 aliphatic carbocycles. The van der Waals surface area contributed by atoms with Gasteiger partial charge in [-0.2, -0.15) is 0 Å². The molecule has 0 spiro atoms. The Bertz CT molecular complexity index is 130. The molecule has 1 saturated heterocycles. The van der Waals surface area contributed by atoms with Gasteiger partial charge in [-0.1, -0.05) is 0 Å². The van der Waals surface area contributed by atoms with Crippen molar-refractivity contribution < 1.29 is 9.84 Å². The van der Waals surface area contributed by atoms with Gasteiger partial charge in [0.1, 0.15) is 0 Å². The summed E-state index contributed by atoms with van der Waals surface area (Å²) in [5.41, 5.74) is 0. The second-order valence-corrected chi connectivity index (χ2v) is 3.47. The normalized spacial score (nSPS) is 30.0. The third-order valence-corrected chi connectivity index (χ3v) is 2.02. The van der Waals surface area contributed by atoms with Crippen LogP contribution in [-0.2, 0) is 4.74 Å². The van der Waals surface area contributed by atoms with Crippen molar-refractivity contribution in [1.29, 1.82) is 0 Å². The standard InChI is InChI=1S/C8H18N2O2/c1-10(2)4-3-9-7-5-12-6-8(7)11/h7-9,11H,3-6H2,1-2H3/t7-,8-/m1/s1. The van der Waals surface area contributed by atoms with Gasteiger partial charge in [0.25, 0.3) is 0 Å². The number of nitrogens with one attached hydrogen (secondary N) is 1. The summed E-state index contributed by atoms with van der Waals surface area (Å²) in [6.45, 7) is 3.00.